The first-order chi connectivity index (χ1) is 9.53. The number of benzene rings is 1. The number of hydrogen-bond donors (Lipinski definition) is 2. The highest BCUT2D eigenvalue weighted by molar-refractivity contribution is 7.89. The quantitative estimate of drug-likeness (QED) is 0.859. The van der Waals surface area contributed by atoms with E-state index in [2.05, 4.69) is 15.0 Å². The van der Waals surface area contributed by atoms with E-state index in [4.69, 9.17) is 0 Å². The molecule has 1 aromatic heterocycles. The summed E-state index contributed by atoms with van der Waals surface area (Å²) in [6, 6.07) is 6.86. The van der Waals surface area contributed by atoms with E-state index in [1.807, 2.05) is 13.8 Å². The maximum Gasteiger partial charge on any atom is 0.243 e. The lowest BCUT2D eigenvalue weighted by atomic mass is 10.3. The second-order valence-corrected chi connectivity index (χ2v) is 7.27. The first-order valence-corrected chi connectivity index (χ1v) is 8.57. The fourth-order valence-electron chi connectivity index (χ4n) is 1.76. The second kappa shape index (κ2) is 6.34. The van der Waals surface area contributed by atoms with Gasteiger partial charge in [-0.1, -0.05) is 12.1 Å². The molecule has 0 fully saturated rings. The first-order valence-electron chi connectivity index (χ1n) is 6.27. The Labute approximate surface area is 123 Å². The lowest BCUT2D eigenvalue weighted by molar-refractivity contribution is 0.581. The fraction of sp³-hybridized carbons (Fsp3) is 0.308. The molecule has 2 N–H and O–H groups in total. The third kappa shape index (κ3) is 3.56. The average molecular weight is 311 g/mol. The molecule has 1 aromatic carbocycles. The molecular formula is C13H17N3O2S2. The highest BCUT2D eigenvalue weighted by Gasteiger charge is 2.18. The van der Waals surface area contributed by atoms with Crippen LogP contribution >= 0.6 is 11.3 Å². The molecular weight excluding hydrogens is 294 g/mol. The van der Waals surface area contributed by atoms with Crippen LogP contribution in [-0.2, 0) is 16.6 Å². The molecule has 0 aliphatic heterocycles. The molecule has 0 unspecified atom stereocenters. The maximum atomic E-state index is 12.3. The molecule has 0 amide bonds. The summed E-state index contributed by atoms with van der Waals surface area (Å²) in [5, 5.41) is 3.81. The third-order valence-electron chi connectivity index (χ3n) is 2.63. The second-order valence-electron chi connectivity index (χ2n) is 4.22. The van der Waals surface area contributed by atoms with E-state index in [1.54, 1.807) is 30.5 Å². The molecule has 0 saturated heterocycles. The van der Waals surface area contributed by atoms with Crippen LogP contribution in [0.5, 0.6) is 0 Å². The van der Waals surface area contributed by atoms with E-state index < -0.39 is 10.0 Å². The zero-order chi connectivity index (χ0) is 14.6. The van der Waals surface area contributed by atoms with Crippen LogP contribution in [0.1, 0.15) is 16.8 Å². The normalized spacial score (nSPS) is 11.5. The van der Waals surface area contributed by atoms with Crippen molar-refractivity contribution in [2.24, 2.45) is 0 Å². The first kappa shape index (κ1) is 15.0. The Morgan fingerprint density at radius 2 is 2.05 bits per heavy atom. The minimum Gasteiger partial charge on any atom is -0.384 e. The van der Waals surface area contributed by atoms with Crippen molar-refractivity contribution in [2.45, 2.75) is 25.3 Å². The van der Waals surface area contributed by atoms with Crippen molar-refractivity contribution in [3.63, 3.8) is 0 Å². The summed E-state index contributed by atoms with van der Waals surface area (Å²) in [4.78, 5) is 5.47. The summed E-state index contributed by atoms with van der Waals surface area (Å²) >= 11 is 1.48. The van der Waals surface area contributed by atoms with Gasteiger partial charge in [0.05, 0.1) is 12.2 Å². The van der Waals surface area contributed by atoms with Crippen molar-refractivity contribution in [3.05, 3.63) is 40.3 Å². The number of nitrogens with zero attached hydrogens (tertiary/aromatic N) is 1. The highest BCUT2D eigenvalue weighted by Crippen LogP contribution is 2.21. The summed E-state index contributed by atoms with van der Waals surface area (Å²) in [7, 11) is -3.55. The zero-order valence-corrected chi connectivity index (χ0v) is 13.0. The number of hydrogen-bond acceptors (Lipinski definition) is 5. The van der Waals surface area contributed by atoms with E-state index in [0.29, 0.717) is 12.2 Å². The van der Waals surface area contributed by atoms with Crippen molar-refractivity contribution in [3.8, 4) is 0 Å². The summed E-state index contributed by atoms with van der Waals surface area (Å²) in [5.74, 6) is 0. The third-order valence-corrected chi connectivity index (χ3v) is 5.00. The summed E-state index contributed by atoms with van der Waals surface area (Å²) in [6.07, 6.45) is 1.74. The van der Waals surface area contributed by atoms with Crippen LogP contribution < -0.4 is 10.0 Å². The predicted octanol–water partition coefficient (Wildman–Crippen LogP) is 2.36. The Hall–Kier alpha value is -1.44. The average Bonchev–Trinajstić information content (AvgIpc) is 2.83. The molecule has 5 nitrogen and oxygen atoms in total. The van der Waals surface area contributed by atoms with Gasteiger partial charge in [-0.15, -0.1) is 11.3 Å². The molecule has 1 heterocycles. The van der Waals surface area contributed by atoms with Gasteiger partial charge in [-0.2, -0.15) is 0 Å². The van der Waals surface area contributed by atoms with Gasteiger partial charge in [0.25, 0.3) is 0 Å². The molecule has 0 atom stereocenters. The van der Waals surface area contributed by atoms with E-state index in [1.165, 1.54) is 11.3 Å². The Balaban J connectivity index is 2.18. The number of nitrogens with one attached hydrogen (secondary N) is 2. The summed E-state index contributed by atoms with van der Waals surface area (Å²) in [5.41, 5.74) is 0.609. The maximum absolute atomic E-state index is 12.3. The summed E-state index contributed by atoms with van der Waals surface area (Å²) < 4.78 is 27.3. The van der Waals surface area contributed by atoms with Crippen LogP contribution in [0.25, 0.3) is 0 Å². The van der Waals surface area contributed by atoms with Crippen molar-refractivity contribution in [1.29, 1.82) is 0 Å². The highest BCUT2D eigenvalue weighted by atomic mass is 32.2. The predicted molar refractivity (Wildman–Crippen MR) is 81.5 cm³/mol. The standard InChI is InChI=1S/C13H17N3O2S2/c1-3-14-11-6-4-5-7-12(11)20(17,18)16-9-13-15-8-10(2)19-13/h4-8,14,16H,3,9H2,1-2H3. The van der Waals surface area contributed by atoms with Gasteiger partial charge >= 0.3 is 0 Å². The van der Waals surface area contributed by atoms with Gasteiger partial charge in [-0.05, 0) is 26.0 Å². The Morgan fingerprint density at radius 1 is 1.30 bits per heavy atom. The molecule has 0 aliphatic carbocycles. The van der Waals surface area contributed by atoms with Crippen LogP contribution in [0.2, 0.25) is 0 Å². The fourth-order valence-corrected chi connectivity index (χ4v) is 3.74. The van der Waals surface area contributed by atoms with E-state index in [-0.39, 0.29) is 11.4 Å². The SMILES string of the molecule is CCNc1ccccc1S(=O)(=O)NCc1ncc(C)s1. The molecule has 0 spiro atoms. The van der Waals surface area contributed by atoms with Crippen LogP contribution in [0.15, 0.2) is 35.4 Å². The molecule has 0 bridgehead atoms. The van der Waals surface area contributed by atoms with Crippen molar-refractivity contribution < 1.29 is 8.42 Å². The monoisotopic (exact) mass is 311 g/mol. The number of para-hydroxylation sites is 1. The van der Waals surface area contributed by atoms with Gasteiger partial charge in [0.2, 0.25) is 10.0 Å². The van der Waals surface area contributed by atoms with Gasteiger partial charge in [-0.3, -0.25) is 0 Å². The topological polar surface area (TPSA) is 71.1 Å². The van der Waals surface area contributed by atoms with Crippen molar-refractivity contribution in [2.75, 3.05) is 11.9 Å². The number of rotatable bonds is 6. The Kier molecular flexibility index (Phi) is 4.74. The van der Waals surface area contributed by atoms with E-state index in [0.717, 1.165) is 9.88 Å². The number of anilines is 1. The molecule has 2 rings (SSSR count). The molecule has 2 aromatic rings. The van der Waals surface area contributed by atoms with E-state index >= 15 is 0 Å². The minimum absolute atomic E-state index is 0.210. The molecule has 20 heavy (non-hydrogen) atoms. The summed E-state index contributed by atoms with van der Waals surface area (Å²) in [6.45, 7) is 4.74. The lowest BCUT2D eigenvalue weighted by Crippen LogP contribution is -2.24. The molecule has 0 saturated carbocycles. The van der Waals surface area contributed by atoms with Gasteiger partial charge in [0, 0.05) is 17.6 Å². The number of sulfonamides is 1. The number of aromatic nitrogens is 1. The lowest BCUT2D eigenvalue weighted by Gasteiger charge is -2.11. The number of aryl methyl sites for hydroxylation is 1. The Morgan fingerprint density at radius 3 is 2.70 bits per heavy atom. The van der Waals surface area contributed by atoms with Crippen LogP contribution in [0, 0.1) is 6.92 Å². The van der Waals surface area contributed by atoms with Crippen molar-refractivity contribution in [1.82, 2.24) is 9.71 Å². The van der Waals surface area contributed by atoms with Crippen LogP contribution in [0.3, 0.4) is 0 Å². The zero-order valence-electron chi connectivity index (χ0n) is 11.4. The van der Waals surface area contributed by atoms with Gasteiger partial charge in [-0.25, -0.2) is 18.1 Å². The Bertz CT molecular complexity index is 680. The van der Waals surface area contributed by atoms with Crippen molar-refractivity contribution >= 4 is 27.0 Å². The minimum atomic E-state index is -3.55. The number of thiazole rings is 1. The van der Waals surface area contributed by atoms with Gasteiger partial charge in [0.15, 0.2) is 0 Å². The van der Waals surface area contributed by atoms with Gasteiger partial charge < -0.3 is 5.32 Å². The molecule has 0 radical (unpaired) electrons. The smallest absolute Gasteiger partial charge is 0.243 e. The van der Waals surface area contributed by atoms with Gasteiger partial charge in [0.1, 0.15) is 9.90 Å². The molecule has 7 heteroatoms. The van der Waals surface area contributed by atoms with Crippen LogP contribution in [-0.4, -0.2) is 19.9 Å². The van der Waals surface area contributed by atoms with Crippen LogP contribution in [0.4, 0.5) is 5.69 Å². The van der Waals surface area contributed by atoms with E-state index in [9.17, 15) is 8.42 Å². The largest absolute Gasteiger partial charge is 0.384 e. The molecule has 108 valence electrons. The molecule has 0 aliphatic rings.